The van der Waals surface area contributed by atoms with Crippen LogP contribution in [0.25, 0.3) is 11.0 Å². The number of amides is 1. The molecule has 1 amide bonds. The van der Waals surface area contributed by atoms with Gasteiger partial charge in [-0.05, 0) is 49.7 Å². The number of benzene rings is 2. The summed E-state index contributed by atoms with van der Waals surface area (Å²) in [6.07, 6.45) is 0. The molecule has 0 atom stereocenters. The summed E-state index contributed by atoms with van der Waals surface area (Å²) in [5, 5.41) is 5.08. The fourth-order valence-electron chi connectivity index (χ4n) is 2.47. The van der Waals surface area contributed by atoms with Crippen LogP contribution in [0, 0.1) is 6.92 Å². The third-order valence-electron chi connectivity index (χ3n) is 3.88. The van der Waals surface area contributed by atoms with Crippen molar-refractivity contribution in [1.29, 1.82) is 0 Å². The Labute approximate surface area is 139 Å². The molecular weight excluding hydrogens is 304 g/mol. The van der Waals surface area contributed by atoms with Gasteiger partial charge in [0.25, 0.3) is 0 Å². The molecule has 5 heteroatoms. The lowest BCUT2D eigenvalue weighted by atomic mass is 10.1. The Morgan fingerprint density at radius 1 is 1.12 bits per heavy atom. The van der Waals surface area contributed by atoms with E-state index in [1.807, 2.05) is 62.4 Å². The Morgan fingerprint density at radius 2 is 1.83 bits per heavy atom. The molecule has 122 valence electrons. The summed E-state index contributed by atoms with van der Waals surface area (Å²) in [4.78, 5) is 12.3. The van der Waals surface area contributed by atoms with Gasteiger partial charge >= 0.3 is 5.91 Å². The lowest BCUT2D eigenvalue weighted by molar-refractivity contribution is 0.0928. The summed E-state index contributed by atoms with van der Waals surface area (Å²) >= 11 is 0. The van der Waals surface area contributed by atoms with Crippen molar-refractivity contribution in [2.24, 2.45) is 5.10 Å². The van der Waals surface area contributed by atoms with Gasteiger partial charge in [0.1, 0.15) is 11.3 Å². The molecule has 2 aromatic carbocycles. The van der Waals surface area contributed by atoms with Crippen LogP contribution >= 0.6 is 0 Å². The molecule has 1 heterocycles. The van der Waals surface area contributed by atoms with E-state index >= 15 is 0 Å². The van der Waals surface area contributed by atoms with Crippen molar-refractivity contribution in [2.75, 3.05) is 7.11 Å². The van der Waals surface area contributed by atoms with Crippen LogP contribution in [-0.2, 0) is 0 Å². The summed E-state index contributed by atoms with van der Waals surface area (Å²) in [7, 11) is 1.62. The highest BCUT2D eigenvalue weighted by atomic mass is 16.5. The van der Waals surface area contributed by atoms with Crippen LogP contribution in [0.3, 0.4) is 0 Å². The van der Waals surface area contributed by atoms with Crippen LogP contribution in [0.4, 0.5) is 0 Å². The molecule has 5 nitrogen and oxygen atoms in total. The number of ether oxygens (including phenoxy) is 1. The molecule has 0 saturated carbocycles. The van der Waals surface area contributed by atoms with Crippen molar-refractivity contribution >= 4 is 22.6 Å². The van der Waals surface area contributed by atoms with Crippen molar-refractivity contribution in [2.45, 2.75) is 13.8 Å². The molecule has 1 aromatic heterocycles. The van der Waals surface area contributed by atoms with Crippen molar-refractivity contribution in [3.05, 3.63) is 65.4 Å². The van der Waals surface area contributed by atoms with E-state index in [9.17, 15) is 4.79 Å². The Balaban J connectivity index is 1.79. The Hall–Kier alpha value is -3.08. The number of aryl methyl sites for hydroxylation is 1. The molecule has 0 aliphatic rings. The highest BCUT2D eigenvalue weighted by molar-refractivity contribution is 6.02. The predicted molar refractivity (Wildman–Crippen MR) is 93.6 cm³/mol. The number of hydrazone groups is 1. The first kappa shape index (κ1) is 15.8. The summed E-state index contributed by atoms with van der Waals surface area (Å²) < 4.78 is 10.8. The van der Waals surface area contributed by atoms with Gasteiger partial charge in [0, 0.05) is 10.9 Å². The number of hydrogen-bond donors (Lipinski definition) is 1. The molecule has 0 fully saturated rings. The number of furan rings is 1. The first-order chi connectivity index (χ1) is 11.6. The van der Waals surface area contributed by atoms with Gasteiger partial charge in [0.15, 0.2) is 5.76 Å². The smallest absolute Gasteiger partial charge is 0.307 e. The molecule has 0 bridgehead atoms. The van der Waals surface area contributed by atoms with Gasteiger partial charge < -0.3 is 9.15 Å². The number of para-hydroxylation sites is 1. The number of nitrogens with zero attached hydrogens (tertiary/aromatic N) is 1. The molecule has 0 spiro atoms. The van der Waals surface area contributed by atoms with Crippen LogP contribution in [0.1, 0.15) is 28.6 Å². The predicted octanol–water partition coefficient (Wildman–Crippen LogP) is 3.90. The molecule has 0 radical (unpaired) electrons. The summed E-state index contributed by atoms with van der Waals surface area (Å²) in [5.41, 5.74) is 5.64. The third kappa shape index (κ3) is 3.01. The first-order valence-corrected chi connectivity index (χ1v) is 7.57. The van der Waals surface area contributed by atoms with Crippen molar-refractivity contribution in [3.63, 3.8) is 0 Å². The van der Waals surface area contributed by atoms with E-state index in [1.165, 1.54) is 0 Å². The third-order valence-corrected chi connectivity index (χ3v) is 3.88. The zero-order valence-electron chi connectivity index (χ0n) is 13.8. The van der Waals surface area contributed by atoms with E-state index in [4.69, 9.17) is 9.15 Å². The fourth-order valence-corrected chi connectivity index (χ4v) is 2.47. The lowest BCUT2D eigenvalue weighted by Gasteiger charge is -2.04. The normalized spacial score (nSPS) is 11.5. The number of carbonyl (C=O) groups is 1. The average molecular weight is 322 g/mol. The van der Waals surface area contributed by atoms with Crippen LogP contribution < -0.4 is 10.2 Å². The van der Waals surface area contributed by atoms with Crippen molar-refractivity contribution < 1.29 is 13.9 Å². The van der Waals surface area contributed by atoms with Crippen LogP contribution in [0.15, 0.2) is 58.0 Å². The molecule has 1 N–H and O–H groups in total. The summed E-state index contributed by atoms with van der Waals surface area (Å²) in [5.74, 6) is 0.688. The van der Waals surface area contributed by atoms with E-state index in [0.29, 0.717) is 11.3 Å². The van der Waals surface area contributed by atoms with E-state index in [2.05, 4.69) is 10.5 Å². The van der Waals surface area contributed by atoms with Crippen molar-refractivity contribution in [3.8, 4) is 5.75 Å². The van der Waals surface area contributed by atoms with Crippen LogP contribution in [-0.4, -0.2) is 18.7 Å². The molecule has 3 aromatic rings. The van der Waals surface area contributed by atoms with E-state index in [-0.39, 0.29) is 11.7 Å². The second kappa shape index (κ2) is 6.58. The highest BCUT2D eigenvalue weighted by Gasteiger charge is 2.16. The average Bonchev–Trinajstić information content (AvgIpc) is 2.96. The van der Waals surface area contributed by atoms with E-state index < -0.39 is 0 Å². The zero-order chi connectivity index (χ0) is 17.1. The van der Waals surface area contributed by atoms with E-state index in [0.717, 1.165) is 22.3 Å². The molecule has 0 aliphatic carbocycles. The number of hydrogen-bond acceptors (Lipinski definition) is 4. The Kier molecular flexibility index (Phi) is 4.33. The molecule has 0 aliphatic heterocycles. The highest BCUT2D eigenvalue weighted by Crippen LogP contribution is 2.24. The van der Waals surface area contributed by atoms with Crippen LogP contribution in [0.5, 0.6) is 5.75 Å². The minimum Gasteiger partial charge on any atom is -0.497 e. The molecule has 24 heavy (non-hydrogen) atoms. The maximum Gasteiger partial charge on any atom is 0.307 e. The van der Waals surface area contributed by atoms with Crippen LogP contribution in [0.2, 0.25) is 0 Å². The lowest BCUT2D eigenvalue weighted by Crippen LogP contribution is -2.19. The van der Waals surface area contributed by atoms with Gasteiger partial charge in [-0.1, -0.05) is 18.2 Å². The minimum absolute atomic E-state index is 0.280. The monoisotopic (exact) mass is 322 g/mol. The molecule has 0 saturated heterocycles. The SMILES string of the molecule is COc1ccc(C(C)=NNC(=O)c2oc3ccccc3c2C)cc1. The standard InChI is InChI=1S/C19H18N2O3/c1-12-16-6-4-5-7-17(16)24-18(12)19(22)21-20-13(2)14-8-10-15(23-3)11-9-14/h4-11H,1-3H3,(H,21,22). The Bertz CT molecular complexity index is 908. The number of rotatable bonds is 4. The van der Waals surface area contributed by atoms with Gasteiger partial charge in [-0.3, -0.25) is 4.79 Å². The number of methoxy groups -OCH3 is 1. The number of nitrogens with one attached hydrogen (secondary N) is 1. The number of carbonyl (C=O) groups excluding carboxylic acids is 1. The quantitative estimate of drug-likeness (QED) is 0.585. The maximum atomic E-state index is 12.3. The fraction of sp³-hybridized carbons (Fsp3) is 0.158. The summed E-state index contributed by atoms with van der Waals surface area (Å²) in [6, 6.07) is 15.0. The number of fused-ring (bicyclic) bond motifs is 1. The summed E-state index contributed by atoms with van der Waals surface area (Å²) in [6.45, 7) is 3.69. The van der Waals surface area contributed by atoms with Crippen molar-refractivity contribution in [1.82, 2.24) is 5.43 Å². The zero-order valence-corrected chi connectivity index (χ0v) is 13.8. The first-order valence-electron chi connectivity index (χ1n) is 7.57. The molecule has 0 unspecified atom stereocenters. The van der Waals surface area contributed by atoms with Gasteiger partial charge in [-0.2, -0.15) is 5.10 Å². The topological polar surface area (TPSA) is 63.8 Å². The second-order valence-corrected chi connectivity index (χ2v) is 5.42. The molecular formula is C19H18N2O3. The van der Waals surface area contributed by atoms with Gasteiger partial charge in [0.05, 0.1) is 12.8 Å². The maximum absolute atomic E-state index is 12.3. The minimum atomic E-state index is -0.364. The van der Waals surface area contributed by atoms with E-state index in [1.54, 1.807) is 7.11 Å². The molecule has 3 rings (SSSR count). The second-order valence-electron chi connectivity index (χ2n) is 5.42. The van der Waals surface area contributed by atoms with Gasteiger partial charge in [-0.15, -0.1) is 0 Å². The van der Waals surface area contributed by atoms with Gasteiger partial charge in [-0.25, -0.2) is 5.43 Å². The largest absolute Gasteiger partial charge is 0.497 e. The Morgan fingerprint density at radius 3 is 2.50 bits per heavy atom. The van der Waals surface area contributed by atoms with Gasteiger partial charge in [0.2, 0.25) is 0 Å².